The Morgan fingerprint density at radius 3 is 2.54 bits per heavy atom. The Hall–Kier alpha value is -0.790. The second-order valence-electron chi connectivity index (χ2n) is 4.68. The Bertz CT molecular complexity index is 238. The molecule has 0 aromatic carbocycles. The van der Waals surface area contributed by atoms with Crippen LogP contribution >= 0.6 is 0 Å². The van der Waals surface area contributed by atoms with Crippen LogP contribution < -0.4 is 0 Å². The first kappa shape index (κ1) is 10.3. The number of carbonyl (C=O) groups is 1. The van der Waals surface area contributed by atoms with Crippen LogP contribution in [0.1, 0.15) is 33.1 Å². The molecule has 0 unspecified atom stereocenters. The summed E-state index contributed by atoms with van der Waals surface area (Å²) in [6, 6.07) is 0. The first-order valence-corrected chi connectivity index (χ1v) is 4.85. The van der Waals surface area contributed by atoms with E-state index in [0.29, 0.717) is 5.78 Å². The average molecular weight is 181 g/mol. The van der Waals surface area contributed by atoms with Crippen LogP contribution in [0, 0.1) is 5.41 Å². The molecule has 1 saturated carbocycles. The summed E-state index contributed by atoms with van der Waals surface area (Å²) < 4.78 is 0. The molecule has 0 spiro atoms. The fraction of sp³-hybridized carbons (Fsp3) is 0.727. The highest BCUT2D eigenvalue weighted by atomic mass is 16.1. The molecule has 0 saturated heterocycles. The Balaban J connectivity index is 2.83. The van der Waals surface area contributed by atoms with Crippen molar-refractivity contribution in [2.24, 2.45) is 5.41 Å². The van der Waals surface area contributed by atoms with Crippen LogP contribution in [0.2, 0.25) is 0 Å². The summed E-state index contributed by atoms with van der Waals surface area (Å²) in [6.07, 6.45) is 5.07. The molecule has 1 fully saturated rings. The lowest BCUT2D eigenvalue weighted by atomic mass is 9.74. The van der Waals surface area contributed by atoms with Crippen molar-refractivity contribution in [3.05, 3.63) is 11.8 Å². The molecule has 0 amide bonds. The van der Waals surface area contributed by atoms with Gasteiger partial charge in [0.15, 0.2) is 5.78 Å². The largest absolute Gasteiger partial charge is 0.383 e. The summed E-state index contributed by atoms with van der Waals surface area (Å²) in [6.45, 7) is 4.08. The first-order chi connectivity index (χ1) is 5.93. The quantitative estimate of drug-likeness (QED) is 0.578. The number of hydrogen-bond acceptors (Lipinski definition) is 2. The molecule has 0 aliphatic heterocycles. The summed E-state index contributed by atoms with van der Waals surface area (Å²) in [5, 5.41) is 0. The number of carbonyl (C=O) groups excluding carboxylic acids is 1. The van der Waals surface area contributed by atoms with Gasteiger partial charge in [-0.3, -0.25) is 4.79 Å². The Kier molecular flexibility index (Phi) is 2.79. The number of hydrogen-bond donors (Lipinski definition) is 0. The Morgan fingerprint density at radius 2 is 2.00 bits per heavy atom. The van der Waals surface area contributed by atoms with Crippen LogP contribution in [-0.2, 0) is 4.79 Å². The van der Waals surface area contributed by atoms with Gasteiger partial charge in [0, 0.05) is 31.3 Å². The van der Waals surface area contributed by atoms with Gasteiger partial charge in [-0.05, 0) is 19.3 Å². The molecule has 1 aliphatic rings. The monoisotopic (exact) mass is 181 g/mol. The summed E-state index contributed by atoms with van der Waals surface area (Å²) in [5.41, 5.74) is 0.848. The number of nitrogens with zero attached hydrogens (tertiary/aromatic N) is 1. The van der Waals surface area contributed by atoms with Gasteiger partial charge in [0.05, 0.1) is 0 Å². The summed E-state index contributed by atoms with van der Waals surface area (Å²) in [5.74, 6) is 0.326. The maximum atomic E-state index is 11.9. The lowest BCUT2D eigenvalue weighted by Crippen LogP contribution is -2.30. The van der Waals surface area contributed by atoms with Gasteiger partial charge < -0.3 is 4.90 Å². The van der Waals surface area contributed by atoms with Crippen molar-refractivity contribution >= 4 is 5.78 Å². The topological polar surface area (TPSA) is 20.3 Å². The number of rotatable bonds is 1. The zero-order chi connectivity index (χ0) is 10.1. The van der Waals surface area contributed by atoms with Crippen molar-refractivity contribution in [3.63, 3.8) is 0 Å². The van der Waals surface area contributed by atoms with Gasteiger partial charge in [-0.25, -0.2) is 0 Å². The van der Waals surface area contributed by atoms with Gasteiger partial charge in [-0.15, -0.1) is 0 Å². The van der Waals surface area contributed by atoms with E-state index < -0.39 is 0 Å². The molecule has 2 heteroatoms. The summed E-state index contributed by atoms with van der Waals surface area (Å²) in [7, 11) is 3.92. The van der Waals surface area contributed by atoms with Crippen molar-refractivity contribution in [1.29, 1.82) is 0 Å². The van der Waals surface area contributed by atoms with E-state index in [1.54, 1.807) is 0 Å². The predicted octanol–water partition coefficient (Wildman–Crippen LogP) is 2.21. The predicted molar refractivity (Wildman–Crippen MR) is 54.4 cm³/mol. The van der Waals surface area contributed by atoms with Crippen molar-refractivity contribution in [1.82, 2.24) is 4.90 Å². The molecule has 0 bridgehead atoms. The zero-order valence-corrected chi connectivity index (χ0v) is 9.05. The second-order valence-corrected chi connectivity index (χ2v) is 4.68. The fourth-order valence-corrected chi connectivity index (χ4v) is 1.82. The lowest BCUT2D eigenvalue weighted by molar-refractivity contribution is -0.125. The standard InChI is InChI=1S/C11H19NO/c1-11(2)7-5-6-9(10(11)13)8-12(3)4/h8H,5-7H2,1-4H3/b9-8-. The maximum Gasteiger partial charge on any atom is 0.165 e. The number of allylic oxidation sites excluding steroid dienone is 1. The van der Waals surface area contributed by atoms with E-state index in [2.05, 4.69) is 0 Å². The Labute approximate surface area is 80.6 Å². The summed E-state index contributed by atoms with van der Waals surface area (Å²) >= 11 is 0. The van der Waals surface area contributed by atoms with Crippen LogP contribution in [0.25, 0.3) is 0 Å². The van der Waals surface area contributed by atoms with Crippen LogP contribution in [0.5, 0.6) is 0 Å². The molecule has 0 N–H and O–H groups in total. The molecule has 2 nitrogen and oxygen atoms in total. The van der Waals surface area contributed by atoms with E-state index >= 15 is 0 Å². The van der Waals surface area contributed by atoms with Crippen LogP contribution in [0.3, 0.4) is 0 Å². The van der Waals surface area contributed by atoms with E-state index in [4.69, 9.17) is 0 Å². The maximum absolute atomic E-state index is 11.9. The molecular formula is C11H19NO. The third kappa shape index (κ3) is 2.33. The van der Waals surface area contributed by atoms with Gasteiger partial charge in [0.2, 0.25) is 0 Å². The minimum Gasteiger partial charge on any atom is -0.383 e. The highest BCUT2D eigenvalue weighted by molar-refractivity contribution is 5.99. The van der Waals surface area contributed by atoms with Crippen molar-refractivity contribution in [2.75, 3.05) is 14.1 Å². The van der Waals surface area contributed by atoms with Crippen LogP contribution in [-0.4, -0.2) is 24.8 Å². The van der Waals surface area contributed by atoms with Crippen molar-refractivity contribution in [2.45, 2.75) is 33.1 Å². The molecule has 0 atom stereocenters. The Morgan fingerprint density at radius 1 is 1.38 bits per heavy atom. The number of ketones is 1. The molecular weight excluding hydrogens is 162 g/mol. The molecule has 0 aromatic rings. The molecule has 1 aliphatic carbocycles. The third-order valence-corrected chi connectivity index (χ3v) is 2.57. The van der Waals surface area contributed by atoms with E-state index in [1.165, 1.54) is 0 Å². The second kappa shape index (κ2) is 3.52. The molecule has 0 aromatic heterocycles. The normalized spacial score (nSPS) is 24.9. The zero-order valence-electron chi connectivity index (χ0n) is 9.05. The van der Waals surface area contributed by atoms with Gasteiger partial charge in [0.1, 0.15) is 0 Å². The average Bonchev–Trinajstić information content (AvgIpc) is 1.98. The van der Waals surface area contributed by atoms with Crippen molar-refractivity contribution < 1.29 is 4.79 Å². The molecule has 0 heterocycles. The van der Waals surface area contributed by atoms with E-state index in [0.717, 1.165) is 24.8 Å². The van der Waals surface area contributed by atoms with Crippen LogP contribution in [0.4, 0.5) is 0 Å². The third-order valence-electron chi connectivity index (χ3n) is 2.57. The van der Waals surface area contributed by atoms with Crippen LogP contribution in [0.15, 0.2) is 11.8 Å². The molecule has 0 radical (unpaired) electrons. The number of Topliss-reactive ketones (excluding diaryl/α,β-unsaturated/α-hetero) is 1. The van der Waals surface area contributed by atoms with Gasteiger partial charge >= 0.3 is 0 Å². The minimum atomic E-state index is -0.139. The van der Waals surface area contributed by atoms with Gasteiger partial charge in [-0.1, -0.05) is 13.8 Å². The highest BCUT2D eigenvalue weighted by Gasteiger charge is 2.33. The minimum absolute atomic E-state index is 0.139. The smallest absolute Gasteiger partial charge is 0.165 e. The highest BCUT2D eigenvalue weighted by Crippen LogP contribution is 2.34. The summed E-state index contributed by atoms with van der Waals surface area (Å²) in [4.78, 5) is 13.8. The van der Waals surface area contributed by atoms with Crippen molar-refractivity contribution in [3.8, 4) is 0 Å². The SMILES string of the molecule is CN(C)/C=C1/CCCC(C)(C)C1=O. The van der Waals surface area contributed by atoms with E-state index in [1.807, 2.05) is 39.0 Å². The first-order valence-electron chi connectivity index (χ1n) is 4.85. The molecule has 74 valence electrons. The van der Waals surface area contributed by atoms with Gasteiger partial charge in [0.25, 0.3) is 0 Å². The fourth-order valence-electron chi connectivity index (χ4n) is 1.82. The van der Waals surface area contributed by atoms with E-state index in [-0.39, 0.29) is 5.41 Å². The van der Waals surface area contributed by atoms with E-state index in [9.17, 15) is 4.79 Å². The molecule has 13 heavy (non-hydrogen) atoms. The lowest BCUT2D eigenvalue weighted by Gasteiger charge is -2.29. The van der Waals surface area contributed by atoms with Gasteiger partial charge in [-0.2, -0.15) is 0 Å². The molecule has 1 rings (SSSR count).